The Kier molecular flexibility index (Phi) is 3.25. The number of hydrogen-bond donors (Lipinski definition) is 0. The zero-order chi connectivity index (χ0) is 13.1. The quantitative estimate of drug-likeness (QED) is 0.735. The van der Waals surface area contributed by atoms with E-state index < -0.39 is 0 Å². The van der Waals surface area contributed by atoms with Crippen molar-refractivity contribution in [1.82, 2.24) is 20.2 Å². The number of aromatic nitrogens is 4. The average Bonchev–Trinajstić information content (AvgIpc) is 2.89. The van der Waals surface area contributed by atoms with E-state index in [-0.39, 0.29) is 0 Å². The van der Waals surface area contributed by atoms with Crippen molar-refractivity contribution in [3.8, 4) is 11.4 Å². The topological polar surface area (TPSA) is 43.6 Å². The summed E-state index contributed by atoms with van der Waals surface area (Å²) in [5.41, 5.74) is 2.05. The summed E-state index contributed by atoms with van der Waals surface area (Å²) in [6, 6.07) is 17.4. The Bertz CT molecular complexity index is 661. The molecule has 0 N–H and O–H groups in total. The lowest BCUT2D eigenvalue weighted by molar-refractivity contribution is 0.573. The fourth-order valence-corrected chi connectivity index (χ4v) is 1.90. The molecular formula is C14H11ClN4. The molecule has 0 amide bonds. The average molecular weight is 271 g/mol. The molecule has 1 aromatic heterocycles. The SMILES string of the molecule is Clc1ccc(-c2nnn(Cc3ccccc3)n2)cc1. The smallest absolute Gasteiger partial charge is 0.159 e. The number of halogens is 1. The van der Waals surface area contributed by atoms with Crippen LogP contribution in [0.5, 0.6) is 0 Å². The summed E-state index contributed by atoms with van der Waals surface area (Å²) in [5.74, 6) is 0.604. The van der Waals surface area contributed by atoms with Crippen molar-refractivity contribution in [2.24, 2.45) is 0 Å². The molecule has 2 aromatic carbocycles. The third-order valence-electron chi connectivity index (χ3n) is 2.72. The molecule has 5 heteroatoms. The van der Waals surface area contributed by atoms with Crippen LogP contribution in [0.3, 0.4) is 0 Å². The molecule has 19 heavy (non-hydrogen) atoms. The summed E-state index contributed by atoms with van der Waals surface area (Å²) < 4.78 is 0. The summed E-state index contributed by atoms with van der Waals surface area (Å²) in [6.45, 7) is 0.613. The lowest BCUT2D eigenvalue weighted by Gasteiger charge is -1.98. The molecule has 0 fully saturated rings. The number of benzene rings is 2. The zero-order valence-electron chi connectivity index (χ0n) is 10.1. The first-order valence-electron chi connectivity index (χ1n) is 5.89. The highest BCUT2D eigenvalue weighted by atomic mass is 35.5. The summed E-state index contributed by atoms with van der Waals surface area (Å²) in [7, 11) is 0. The molecule has 4 nitrogen and oxygen atoms in total. The van der Waals surface area contributed by atoms with Crippen molar-refractivity contribution >= 4 is 11.6 Å². The van der Waals surface area contributed by atoms with Gasteiger partial charge in [-0.2, -0.15) is 4.80 Å². The fraction of sp³-hybridized carbons (Fsp3) is 0.0714. The first kappa shape index (κ1) is 11.9. The predicted molar refractivity (Wildman–Crippen MR) is 73.8 cm³/mol. The third kappa shape index (κ3) is 2.80. The van der Waals surface area contributed by atoms with Gasteiger partial charge in [0.15, 0.2) is 0 Å². The van der Waals surface area contributed by atoms with Crippen LogP contribution in [0.4, 0.5) is 0 Å². The first-order chi connectivity index (χ1) is 9.31. The van der Waals surface area contributed by atoms with Crippen LogP contribution in [0.1, 0.15) is 5.56 Å². The Morgan fingerprint density at radius 2 is 1.68 bits per heavy atom. The van der Waals surface area contributed by atoms with E-state index >= 15 is 0 Å². The van der Waals surface area contributed by atoms with Gasteiger partial charge in [-0.1, -0.05) is 41.9 Å². The maximum atomic E-state index is 5.85. The van der Waals surface area contributed by atoms with Crippen molar-refractivity contribution in [1.29, 1.82) is 0 Å². The largest absolute Gasteiger partial charge is 0.204 e. The summed E-state index contributed by atoms with van der Waals surface area (Å²) >= 11 is 5.85. The molecule has 0 bridgehead atoms. The van der Waals surface area contributed by atoms with E-state index in [1.54, 1.807) is 4.80 Å². The standard InChI is InChI=1S/C14H11ClN4/c15-13-8-6-12(7-9-13)14-16-18-19(17-14)10-11-4-2-1-3-5-11/h1-9H,10H2. The minimum Gasteiger partial charge on any atom is -0.159 e. The van der Waals surface area contributed by atoms with Crippen LogP contribution < -0.4 is 0 Å². The Morgan fingerprint density at radius 1 is 0.947 bits per heavy atom. The van der Waals surface area contributed by atoms with E-state index in [1.165, 1.54) is 0 Å². The molecule has 1 heterocycles. The van der Waals surface area contributed by atoms with Gasteiger partial charge in [0, 0.05) is 10.6 Å². The van der Waals surface area contributed by atoms with E-state index in [0.717, 1.165) is 11.1 Å². The van der Waals surface area contributed by atoms with E-state index in [0.29, 0.717) is 17.4 Å². The van der Waals surface area contributed by atoms with Gasteiger partial charge in [0.05, 0.1) is 6.54 Å². The van der Waals surface area contributed by atoms with E-state index in [4.69, 9.17) is 11.6 Å². The van der Waals surface area contributed by atoms with Crippen LogP contribution in [0, 0.1) is 0 Å². The lowest BCUT2D eigenvalue weighted by Crippen LogP contribution is -2.03. The molecule has 0 radical (unpaired) electrons. The van der Waals surface area contributed by atoms with Gasteiger partial charge in [0.2, 0.25) is 5.82 Å². The van der Waals surface area contributed by atoms with Gasteiger partial charge in [-0.05, 0) is 35.0 Å². The second kappa shape index (κ2) is 5.20. The van der Waals surface area contributed by atoms with Crippen LogP contribution in [0.2, 0.25) is 5.02 Å². The molecule has 0 unspecified atom stereocenters. The van der Waals surface area contributed by atoms with E-state index in [1.807, 2.05) is 54.6 Å². The molecule has 0 aliphatic heterocycles. The van der Waals surface area contributed by atoms with Crippen molar-refractivity contribution in [3.63, 3.8) is 0 Å². The van der Waals surface area contributed by atoms with Crippen LogP contribution in [-0.2, 0) is 6.54 Å². The Hall–Kier alpha value is -2.20. The minimum absolute atomic E-state index is 0.604. The van der Waals surface area contributed by atoms with Crippen molar-refractivity contribution in [2.45, 2.75) is 6.54 Å². The second-order valence-corrected chi connectivity index (χ2v) is 4.57. The highest BCUT2D eigenvalue weighted by Gasteiger charge is 2.05. The fourth-order valence-electron chi connectivity index (χ4n) is 1.77. The Morgan fingerprint density at radius 3 is 2.42 bits per heavy atom. The van der Waals surface area contributed by atoms with Gasteiger partial charge in [-0.25, -0.2) is 0 Å². The van der Waals surface area contributed by atoms with Crippen LogP contribution in [0.15, 0.2) is 54.6 Å². The summed E-state index contributed by atoms with van der Waals surface area (Å²) in [4.78, 5) is 1.58. The monoisotopic (exact) mass is 270 g/mol. The molecule has 0 saturated carbocycles. The predicted octanol–water partition coefficient (Wildman–Crippen LogP) is 3.04. The van der Waals surface area contributed by atoms with Gasteiger partial charge in [-0.15, -0.1) is 10.2 Å². The second-order valence-electron chi connectivity index (χ2n) is 4.14. The van der Waals surface area contributed by atoms with Gasteiger partial charge in [-0.3, -0.25) is 0 Å². The summed E-state index contributed by atoms with van der Waals surface area (Å²) in [5, 5.41) is 13.2. The van der Waals surface area contributed by atoms with Crippen molar-refractivity contribution in [2.75, 3.05) is 0 Å². The van der Waals surface area contributed by atoms with Crippen molar-refractivity contribution in [3.05, 3.63) is 65.2 Å². The maximum absolute atomic E-state index is 5.85. The molecule has 0 saturated heterocycles. The molecule has 3 aromatic rings. The maximum Gasteiger partial charge on any atom is 0.204 e. The molecule has 0 aliphatic rings. The van der Waals surface area contributed by atoms with Crippen LogP contribution in [-0.4, -0.2) is 20.2 Å². The van der Waals surface area contributed by atoms with Gasteiger partial charge in [0.25, 0.3) is 0 Å². The summed E-state index contributed by atoms with van der Waals surface area (Å²) in [6.07, 6.45) is 0. The molecule has 0 spiro atoms. The van der Waals surface area contributed by atoms with Crippen LogP contribution in [0.25, 0.3) is 11.4 Å². The Balaban J connectivity index is 1.82. The molecule has 0 aliphatic carbocycles. The van der Waals surface area contributed by atoms with Crippen molar-refractivity contribution < 1.29 is 0 Å². The van der Waals surface area contributed by atoms with E-state index in [9.17, 15) is 0 Å². The van der Waals surface area contributed by atoms with E-state index in [2.05, 4.69) is 15.4 Å². The highest BCUT2D eigenvalue weighted by Crippen LogP contribution is 2.17. The first-order valence-corrected chi connectivity index (χ1v) is 6.27. The number of rotatable bonds is 3. The number of nitrogens with zero attached hydrogens (tertiary/aromatic N) is 4. The molecule has 0 atom stereocenters. The van der Waals surface area contributed by atoms with Gasteiger partial charge >= 0.3 is 0 Å². The molecule has 3 rings (SSSR count). The molecule has 94 valence electrons. The number of tetrazole rings is 1. The minimum atomic E-state index is 0.604. The normalized spacial score (nSPS) is 10.6. The highest BCUT2D eigenvalue weighted by molar-refractivity contribution is 6.30. The van der Waals surface area contributed by atoms with Gasteiger partial charge in [0.1, 0.15) is 0 Å². The van der Waals surface area contributed by atoms with Crippen LogP contribution >= 0.6 is 11.6 Å². The van der Waals surface area contributed by atoms with Gasteiger partial charge < -0.3 is 0 Å². The lowest BCUT2D eigenvalue weighted by atomic mass is 10.2. The third-order valence-corrected chi connectivity index (χ3v) is 2.97. The Labute approximate surface area is 115 Å². The zero-order valence-corrected chi connectivity index (χ0v) is 10.8. The number of hydrogen-bond acceptors (Lipinski definition) is 3. The molecular weight excluding hydrogens is 260 g/mol.